The number of imidazole rings is 2. The average molecular weight is 333 g/mol. The predicted octanol–water partition coefficient (Wildman–Crippen LogP) is 0.0372. The molecule has 0 N–H and O–H groups in total. The molecule has 0 saturated carbocycles. The van der Waals surface area contributed by atoms with Crippen LogP contribution < -0.4 is 11.2 Å². The SMILES string of the molecule is COC(=O)[C@H](C)n1c(C)c(C)n2c3c(=O)n(C)c(=O)n(C)c3nc12. The maximum atomic E-state index is 12.6. The minimum Gasteiger partial charge on any atom is -0.467 e. The summed E-state index contributed by atoms with van der Waals surface area (Å²) in [5.41, 5.74) is 1.30. The number of ether oxygens (including phenoxy) is 1. The topological polar surface area (TPSA) is 92.5 Å². The van der Waals surface area contributed by atoms with Gasteiger partial charge >= 0.3 is 11.7 Å². The van der Waals surface area contributed by atoms with E-state index in [0.29, 0.717) is 11.3 Å². The minimum atomic E-state index is -0.608. The van der Waals surface area contributed by atoms with Gasteiger partial charge in [0.15, 0.2) is 11.2 Å². The number of methoxy groups -OCH3 is 1. The quantitative estimate of drug-likeness (QED) is 0.617. The van der Waals surface area contributed by atoms with Crippen LogP contribution in [0.25, 0.3) is 16.9 Å². The van der Waals surface area contributed by atoms with E-state index in [2.05, 4.69) is 4.98 Å². The fourth-order valence-electron chi connectivity index (χ4n) is 3.09. The summed E-state index contributed by atoms with van der Waals surface area (Å²) in [5.74, 6) is 0.0145. The average Bonchev–Trinajstić information content (AvgIpc) is 3.06. The van der Waals surface area contributed by atoms with Gasteiger partial charge in [-0.3, -0.25) is 22.9 Å². The molecule has 0 spiro atoms. The minimum absolute atomic E-state index is 0.284. The maximum absolute atomic E-state index is 12.6. The lowest BCUT2D eigenvalue weighted by molar-refractivity contribution is -0.143. The van der Waals surface area contributed by atoms with Gasteiger partial charge in [0.1, 0.15) is 6.04 Å². The summed E-state index contributed by atoms with van der Waals surface area (Å²) in [7, 11) is 4.32. The standard InChI is InChI=1S/C15H19N5O4/c1-7-8(2)20-10-11(17(4)15(23)18(5)12(10)21)16-14(20)19(7)9(3)13(22)24-6/h9H,1-6H3/t9-/m0/s1. The first-order valence-corrected chi connectivity index (χ1v) is 7.45. The van der Waals surface area contributed by atoms with Gasteiger partial charge < -0.3 is 4.74 Å². The van der Waals surface area contributed by atoms with Gasteiger partial charge in [-0.15, -0.1) is 0 Å². The van der Waals surface area contributed by atoms with Crippen molar-refractivity contribution in [3.05, 3.63) is 32.2 Å². The van der Waals surface area contributed by atoms with Crippen LogP contribution in [0.4, 0.5) is 0 Å². The molecule has 9 heteroatoms. The molecule has 0 saturated heterocycles. The van der Waals surface area contributed by atoms with Crippen LogP contribution in [-0.4, -0.2) is 36.2 Å². The van der Waals surface area contributed by atoms with Crippen LogP contribution in [-0.2, 0) is 23.6 Å². The molecule has 0 bridgehead atoms. The van der Waals surface area contributed by atoms with Gasteiger partial charge in [-0.2, -0.15) is 4.98 Å². The highest BCUT2D eigenvalue weighted by atomic mass is 16.5. The molecule has 3 heterocycles. The van der Waals surface area contributed by atoms with Crippen LogP contribution in [0.5, 0.6) is 0 Å². The summed E-state index contributed by atoms with van der Waals surface area (Å²) in [6.07, 6.45) is 0. The Hall–Kier alpha value is -2.84. The van der Waals surface area contributed by atoms with Crippen LogP contribution in [0.1, 0.15) is 24.4 Å². The van der Waals surface area contributed by atoms with Crippen LogP contribution in [0.3, 0.4) is 0 Å². The fraction of sp³-hybridized carbons (Fsp3) is 0.467. The number of aryl methyl sites for hydroxylation is 2. The van der Waals surface area contributed by atoms with Gasteiger partial charge in [-0.05, 0) is 20.8 Å². The first-order valence-electron chi connectivity index (χ1n) is 7.45. The van der Waals surface area contributed by atoms with E-state index in [4.69, 9.17) is 4.74 Å². The number of rotatable bonds is 2. The lowest BCUT2D eigenvalue weighted by Gasteiger charge is -2.13. The van der Waals surface area contributed by atoms with E-state index >= 15 is 0 Å². The molecule has 9 nitrogen and oxygen atoms in total. The molecular formula is C15H19N5O4. The van der Waals surface area contributed by atoms with Gasteiger partial charge in [0.25, 0.3) is 5.56 Å². The molecule has 0 aliphatic rings. The molecule has 1 atom stereocenters. The molecule has 0 aliphatic carbocycles. The van der Waals surface area contributed by atoms with Crippen LogP contribution in [0.2, 0.25) is 0 Å². The van der Waals surface area contributed by atoms with Crippen molar-refractivity contribution in [2.24, 2.45) is 14.1 Å². The molecule has 0 unspecified atom stereocenters. The third-order valence-electron chi connectivity index (χ3n) is 4.61. The summed E-state index contributed by atoms with van der Waals surface area (Å²) in [4.78, 5) is 41.2. The van der Waals surface area contributed by atoms with Gasteiger partial charge in [0.05, 0.1) is 7.11 Å². The van der Waals surface area contributed by atoms with Gasteiger partial charge in [-0.25, -0.2) is 9.59 Å². The molecule has 0 amide bonds. The highest BCUT2D eigenvalue weighted by Gasteiger charge is 2.26. The number of hydrogen-bond donors (Lipinski definition) is 0. The Balaban J connectivity index is 2.56. The lowest BCUT2D eigenvalue weighted by Crippen LogP contribution is -2.37. The second-order valence-corrected chi connectivity index (χ2v) is 5.87. The van der Waals surface area contributed by atoms with Gasteiger partial charge in [-0.1, -0.05) is 0 Å². The highest BCUT2D eigenvalue weighted by Crippen LogP contribution is 2.24. The zero-order valence-electron chi connectivity index (χ0n) is 14.4. The summed E-state index contributed by atoms with van der Waals surface area (Å²) < 4.78 is 10.6. The van der Waals surface area contributed by atoms with Gasteiger partial charge in [0.2, 0.25) is 5.78 Å². The van der Waals surface area contributed by atoms with Crippen molar-refractivity contribution in [3.63, 3.8) is 0 Å². The monoisotopic (exact) mass is 333 g/mol. The summed E-state index contributed by atoms with van der Waals surface area (Å²) in [6, 6.07) is -0.608. The molecule has 3 aromatic rings. The molecule has 128 valence electrons. The number of aromatic nitrogens is 5. The summed E-state index contributed by atoms with van der Waals surface area (Å²) >= 11 is 0. The van der Waals surface area contributed by atoms with Crippen molar-refractivity contribution < 1.29 is 9.53 Å². The van der Waals surface area contributed by atoms with Crippen LogP contribution in [0.15, 0.2) is 9.59 Å². The van der Waals surface area contributed by atoms with Crippen molar-refractivity contribution >= 4 is 22.9 Å². The summed E-state index contributed by atoms with van der Waals surface area (Å²) in [5, 5.41) is 0. The second-order valence-electron chi connectivity index (χ2n) is 5.87. The Labute approximate surface area is 136 Å². The van der Waals surface area contributed by atoms with E-state index in [1.54, 1.807) is 22.9 Å². The van der Waals surface area contributed by atoms with E-state index in [1.165, 1.54) is 18.7 Å². The Morgan fingerprint density at radius 3 is 2.33 bits per heavy atom. The largest absolute Gasteiger partial charge is 0.467 e. The normalized spacial score (nSPS) is 12.9. The molecule has 0 aromatic carbocycles. The first-order chi connectivity index (χ1) is 11.2. The van der Waals surface area contributed by atoms with Gasteiger partial charge in [0, 0.05) is 25.5 Å². The van der Waals surface area contributed by atoms with Crippen molar-refractivity contribution in [1.82, 2.24) is 23.1 Å². The maximum Gasteiger partial charge on any atom is 0.332 e. The zero-order chi connectivity index (χ0) is 17.9. The molecule has 3 rings (SSSR count). The van der Waals surface area contributed by atoms with E-state index < -0.39 is 23.3 Å². The Bertz CT molecular complexity index is 1110. The third kappa shape index (κ3) is 1.81. The van der Waals surface area contributed by atoms with Crippen molar-refractivity contribution in [1.29, 1.82) is 0 Å². The molecule has 0 fully saturated rings. The summed E-state index contributed by atoms with van der Waals surface area (Å²) in [6.45, 7) is 5.39. The Kier molecular flexibility index (Phi) is 3.40. The van der Waals surface area contributed by atoms with Crippen molar-refractivity contribution in [2.75, 3.05) is 7.11 Å². The van der Waals surface area contributed by atoms with Crippen molar-refractivity contribution in [3.8, 4) is 0 Å². The van der Waals surface area contributed by atoms with E-state index in [-0.39, 0.29) is 5.65 Å². The van der Waals surface area contributed by atoms with Crippen molar-refractivity contribution in [2.45, 2.75) is 26.8 Å². The predicted molar refractivity (Wildman–Crippen MR) is 87.4 cm³/mol. The van der Waals surface area contributed by atoms with Crippen LogP contribution >= 0.6 is 0 Å². The lowest BCUT2D eigenvalue weighted by atomic mass is 10.3. The number of carbonyl (C=O) groups is 1. The molecule has 3 aromatic heterocycles. The molecule has 0 aliphatic heterocycles. The smallest absolute Gasteiger partial charge is 0.332 e. The second kappa shape index (κ2) is 5.08. The zero-order valence-corrected chi connectivity index (χ0v) is 14.4. The van der Waals surface area contributed by atoms with E-state index in [9.17, 15) is 14.4 Å². The number of nitrogens with zero attached hydrogens (tertiary/aromatic N) is 5. The van der Waals surface area contributed by atoms with Crippen LogP contribution in [0, 0.1) is 13.8 Å². The fourth-order valence-corrected chi connectivity index (χ4v) is 3.09. The highest BCUT2D eigenvalue weighted by molar-refractivity contribution is 5.79. The number of fused-ring (bicyclic) bond motifs is 3. The molecular weight excluding hydrogens is 314 g/mol. The van der Waals surface area contributed by atoms with E-state index in [1.807, 2.05) is 13.8 Å². The molecule has 24 heavy (non-hydrogen) atoms. The number of esters is 1. The number of hydrogen-bond acceptors (Lipinski definition) is 5. The third-order valence-corrected chi connectivity index (χ3v) is 4.61. The Morgan fingerprint density at radius 1 is 1.12 bits per heavy atom. The Morgan fingerprint density at radius 2 is 1.75 bits per heavy atom. The first kappa shape index (κ1) is 16.0. The van der Waals surface area contributed by atoms with E-state index in [0.717, 1.165) is 16.0 Å². The number of carbonyl (C=O) groups excluding carboxylic acids is 1. The molecule has 0 radical (unpaired) electrons.